The number of aliphatic hydroxyl groups is 2. The van der Waals surface area contributed by atoms with Crippen molar-refractivity contribution in [2.45, 2.75) is 32.5 Å². The SMILES string of the molecule is CC(=O)OCC(CC(=O)Nc1c(I)c(C(=O)Cl)c(I)c(C(=O)NCC(O)CO)c1I)OC(C)=O. The number of carbonyl (C=O) groups excluding carboxylic acids is 5. The molecule has 0 aromatic heterocycles. The fraction of sp³-hybridized carbons (Fsp3) is 0.421. The summed E-state index contributed by atoms with van der Waals surface area (Å²) in [7, 11) is 0. The monoisotopic (exact) mass is 836 g/mol. The number of halogens is 4. The largest absolute Gasteiger partial charge is 0.462 e. The first-order valence-corrected chi connectivity index (χ1v) is 13.0. The van der Waals surface area contributed by atoms with Gasteiger partial charge in [0, 0.05) is 24.0 Å². The van der Waals surface area contributed by atoms with Crippen LogP contribution >= 0.6 is 79.4 Å². The number of aliphatic hydroxyl groups excluding tert-OH is 2. The highest BCUT2D eigenvalue weighted by Gasteiger charge is 2.29. The van der Waals surface area contributed by atoms with Crippen molar-refractivity contribution in [1.29, 1.82) is 0 Å². The van der Waals surface area contributed by atoms with Crippen LogP contribution in [-0.4, -0.2) is 71.2 Å². The van der Waals surface area contributed by atoms with Crippen LogP contribution in [0, 0.1) is 10.7 Å². The molecule has 1 rings (SSSR count). The molecule has 0 fully saturated rings. The normalized spacial score (nSPS) is 12.4. The summed E-state index contributed by atoms with van der Waals surface area (Å²) in [6.45, 7) is 1.15. The van der Waals surface area contributed by atoms with Crippen molar-refractivity contribution in [3.8, 4) is 0 Å². The smallest absolute Gasteiger partial charge is 0.303 e. The van der Waals surface area contributed by atoms with Crippen LogP contribution in [0.5, 0.6) is 0 Å². The van der Waals surface area contributed by atoms with Gasteiger partial charge in [0.2, 0.25) is 5.91 Å². The number of benzene rings is 1. The molecule has 1 aromatic rings. The molecule has 0 radical (unpaired) electrons. The lowest BCUT2D eigenvalue weighted by Crippen LogP contribution is -2.35. The number of nitrogens with one attached hydrogen (secondary N) is 2. The number of hydrogen-bond acceptors (Lipinski definition) is 9. The highest BCUT2D eigenvalue weighted by atomic mass is 127. The summed E-state index contributed by atoms with van der Waals surface area (Å²) in [5.41, 5.74) is 0.142. The van der Waals surface area contributed by atoms with Gasteiger partial charge in [0.25, 0.3) is 11.1 Å². The quantitative estimate of drug-likeness (QED) is 0.148. The lowest BCUT2D eigenvalue weighted by Gasteiger charge is -2.20. The van der Waals surface area contributed by atoms with E-state index < -0.39 is 47.8 Å². The van der Waals surface area contributed by atoms with Gasteiger partial charge in [0.05, 0.1) is 43.1 Å². The van der Waals surface area contributed by atoms with E-state index >= 15 is 0 Å². The number of anilines is 1. The summed E-state index contributed by atoms with van der Waals surface area (Å²) in [5, 5.41) is 22.6. The molecule has 15 heteroatoms. The molecule has 0 aliphatic heterocycles. The van der Waals surface area contributed by atoms with Gasteiger partial charge in [-0.15, -0.1) is 0 Å². The van der Waals surface area contributed by atoms with E-state index in [1.165, 1.54) is 0 Å². The minimum atomic E-state index is -1.19. The van der Waals surface area contributed by atoms with Gasteiger partial charge in [0.15, 0.2) is 0 Å². The molecule has 0 heterocycles. The molecule has 4 N–H and O–H groups in total. The van der Waals surface area contributed by atoms with Crippen molar-refractivity contribution >= 4 is 114 Å². The molecule has 2 unspecified atom stereocenters. The Hall–Kier alpha value is -0.830. The van der Waals surface area contributed by atoms with Gasteiger partial charge in [-0.05, 0) is 79.4 Å². The maximum Gasteiger partial charge on any atom is 0.303 e. The Morgan fingerprint density at radius 1 is 1.00 bits per heavy atom. The Bertz CT molecular complexity index is 990. The van der Waals surface area contributed by atoms with E-state index in [-0.39, 0.29) is 47.1 Å². The molecule has 0 saturated heterocycles. The molecule has 0 aliphatic rings. The third-order valence-electron chi connectivity index (χ3n) is 3.93. The molecule has 2 atom stereocenters. The second-order valence-electron chi connectivity index (χ2n) is 6.67. The van der Waals surface area contributed by atoms with Crippen LogP contribution in [0.4, 0.5) is 5.69 Å². The minimum Gasteiger partial charge on any atom is -0.462 e. The first kappa shape index (κ1) is 31.2. The molecule has 11 nitrogen and oxygen atoms in total. The van der Waals surface area contributed by atoms with Crippen LogP contribution in [0.1, 0.15) is 41.0 Å². The predicted octanol–water partition coefficient (Wildman–Crippen LogP) is 1.79. The Morgan fingerprint density at radius 3 is 2.09 bits per heavy atom. The van der Waals surface area contributed by atoms with Crippen LogP contribution in [0.2, 0.25) is 0 Å². The number of hydrogen-bond donors (Lipinski definition) is 4. The zero-order chi connectivity index (χ0) is 26.2. The molecule has 0 bridgehead atoms. The number of rotatable bonds is 11. The average Bonchev–Trinajstić information content (AvgIpc) is 2.72. The second kappa shape index (κ2) is 14.7. The summed E-state index contributed by atoms with van der Waals surface area (Å²) >= 11 is 11.2. The first-order chi connectivity index (χ1) is 15.8. The Labute approximate surface area is 240 Å². The van der Waals surface area contributed by atoms with Crippen LogP contribution in [0.3, 0.4) is 0 Å². The molecule has 0 spiro atoms. The fourth-order valence-electron chi connectivity index (χ4n) is 2.49. The first-order valence-electron chi connectivity index (χ1n) is 9.37. The molecule has 1 aromatic carbocycles. The maximum absolute atomic E-state index is 12.8. The molecule has 34 heavy (non-hydrogen) atoms. The minimum absolute atomic E-state index is 0.0112. The van der Waals surface area contributed by atoms with Gasteiger partial charge >= 0.3 is 11.9 Å². The number of ether oxygens (including phenoxy) is 2. The zero-order valence-corrected chi connectivity index (χ0v) is 25.0. The van der Waals surface area contributed by atoms with Gasteiger partial charge in [-0.3, -0.25) is 24.0 Å². The van der Waals surface area contributed by atoms with E-state index in [9.17, 15) is 29.1 Å². The van der Waals surface area contributed by atoms with Crippen molar-refractivity contribution in [3.05, 3.63) is 21.8 Å². The molecule has 0 saturated carbocycles. The van der Waals surface area contributed by atoms with Crippen molar-refractivity contribution in [2.24, 2.45) is 0 Å². The van der Waals surface area contributed by atoms with E-state index in [1.807, 2.05) is 45.2 Å². The standard InChI is InChI=1S/C19H20ClI3N2O9/c1-7(27)33-6-10(34-8(2)28)3-11(30)25-17-15(22)12(18(20)31)14(21)13(16(17)23)19(32)24-4-9(29)5-26/h9-10,26,29H,3-6H2,1-2H3,(H,24,32)(H,25,30). The summed E-state index contributed by atoms with van der Waals surface area (Å²) in [6.07, 6.45) is -2.62. The molecule has 2 amide bonds. The average molecular weight is 837 g/mol. The second-order valence-corrected chi connectivity index (χ2v) is 10.3. The topological polar surface area (TPSA) is 168 Å². The van der Waals surface area contributed by atoms with E-state index in [2.05, 4.69) is 10.6 Å². The molecular formula is C19H20ClI3N2O9. The van der Waals surface area contributed by atoms with Crippen LogP contribution < -0.4 is 10.6 Å². The van der Waals surface area contributed by atoms with Gasteiger partial charge < -0.3 is 30.3 Å². The van der Waals surface area contributed by atoms with E-state index in [4.69, 9.17) is 26.2 Å². The van der Waals surface area contributed by atoms with Crippen LogP contribution in [0.25, 0.3) is 0 Å². The lowest BCUT2D eigenvalue weighted by atomic mass is 10.1. The van der Waals surface area contributed by atoms with Crippen molar-refractivity contribution in [2.75, 3.05) is 25.1 Å². The highest BCUT2D eigenvalue weighted by molar-refractivity contribution is 14.1. The van der Waals surface area contributed by atoms with E-state index in [1.54, 1.807) is 22.6 Å². The van der Waals surface area contributed by atoms with Gasteiger partial charge in [-0.2, -0.15) is 0 Å². The predicted molar refractivity (Wildman–Crippen MR) is 146 cm³/mol. The van der Waals surface area contributed by atoms with Crippen molar-refractivity contribution < 1.29 is 43.7 Å². The number of esters is 2. The summed E-state index contributed by atoms with van der Waals surface area (Å²) < 4.78 is 10.6. The Morgan fingerprint density at radius 2 is 1.59 bits per heavy atom. The fourth-order valence-corrected chi connectivity index (χ4v) is 7.41. The zero-order valence-electron chi connectivity index (χ0n) is 17.7. The molecular weight excluding hydrogens is 816 g/mol. The summed E-state index contributed by atoms with van der Waals surface area (Å²) in [6, 6.07) is 0. The van der Waals surface area contributed by atoms with Gasteiger partial charge in [-0.1, -0.05) is 0 Å². The molecule has 188 valence electrons. The van der Waals surface area contributed by atoms with E-state index in [0.717, 1.165) is 13.8 Å². The highest BCUT2D eigenvalue weighted by Crippen LogP contribution is 2.36. The van der Waals surface area contributed by atoms with Crippen LogP contribution in [-0.2, 0) is 23.9 Å². The number of carbonyl (C=O) groups is 5. The van der Waals surface area contributed by atoms with E-state index in [0.29, 0.717) is 0 Å². The molecule has 0 aliphatic carbocycles. The van der Waals surface area contributed by atoms with Crippen LogP contribution in [0.15, 0.2) is 0 Å². The Kier molecular flexibility index (Phi) is 13.5. The maximum atomic E-state index is 12.8. The number of amides is 2. The Balaban J connectivity index is 3.33. The van der Waals surface area contributed by atoms with Gasteiger partial charge in [-0.25, -0.2) is 0 Å². The van der Waals surface area contributed by atoms with Gasteiger partial charge in [0.1, 0.15) is 12.7 Å². The lowest BCUT2D eigenvalue weighted by molar-refractivity contribution is -0.157. The summed E-state index contributed by atoms with van der Waals surface area (Å²) in [5.74, 6) is -2.61. The van der Waals surface area contributed by atoms with Crippen molar-refractivity contribution in [1.82, 2.24) is 5.32 Å². The summed E-state index contributed by atoms with van der Waals surface area (Å²) in [4.78, 5) is 60.0. The van der Waals surface area contributed by atoms with Crippen molar-refractivity contribution in [3.63, 3.8) is 0 Å². The third-order valence-corrected chi connectivity index (χ3v) is 7.36. The third kappa shape index (κ3) is 9.32.